The lowest BCUT2D eigenvalue weighted by molar-refractivity contribution is -0.135. The van der Waals surface area contributed by atoms with E-state index in [1.165, 1.54) is 30.3 Å². The van der Waals surface area contributed by atoms with Crippen molar-refractivity contribution in [2.75, 3.05) is 11.3 Å². The van der Waals surface area contributed by atoms with Crippen molar-refractivity contribution in [2.45, 2.75) is 31.3 Å². The number of hydrogen-bond donors (Lipinski definition) is 1. The number of carbonyl (C=O) groups excluding carboxylic acids is 1. The molecule has 6 nitrogen and oxygen atoms in total. The largest absolute Gasteiger partial charge is 0.483 e. The van der Waals surface area contributed by atoms with E-state index < -0.39 is 15.8 Å². The van der Waals surface area contributed by atoms with Gasteiger partial charge in [-0.05, 0) is 67.4 Å². The zero-order valence-corrected chi connectivity index (χ0v) is 18.8. The van der Waals surface area contributed by atoms with Crippen LogP contribution in [-0.4, -0.2) is 25.8 Å². The van der Waals surface area contributed by atoms with Crippen LogP contribution in [0.25, 0.3) is 0 Å². The number of aryl methyl sites for hydroxylation is 1. The first kappa shape index (κ1) is 22.7. The molecule has 0 aliphatic carbocycles. The van der Waals surface area contributed by atoms with E-state index in [0.29, 0.717) is 16.9 Å². The summed E-state index contributed by atoms with van der Waals surface area (Å²) < 4.78 is 60.7. The quantitative estimate of drug-likeness (QED) is 0.591. The third-order valence-electron chi connectivity index (χ3n) is 5.60. The molecule has 1 atom stereocenters. The van der Waals surface area contributed by atoms with Gasteiger partial charge in [0.2, 0.25) is 0 Å². The van der Waals surface area contributed by atoms with Gasteiger partial charge in [-0.25, -0.2) is 17.2 Å². The smallest absolute Gasteiger partial charge is 0.261 e. The topological polar surface area (TPSA) is 75.7 Å². The van der Waals surface area contributed by atoms with Crippen LogP contribution in [0.3, 0.4) is 0 Å². The summed E-state index contributed by atoms with van der Waals surface area (Å²) >= 11 is 0. The summed E-state index contributed by atoms with van der Waals surface area (Å²) in [7, 11) is -4.02. The van der Waals surface area contributed by atoms with Gasteiger partial charge in [-0.3, -0.25) is 9.52 Å². The van der Waals surface area contributed by atoms with Crippen LogP contribution in [0.4, 0.5) is 14.5 Å². The first-order chi connectivity index (χ1) is 15.6. The van der Waals surface area contributed by atoms with Crippen molar-refractivity contribution < 1.29 is 26.7 Å². The van der Waals surface area contributed by atoms with E-state index in [1.54, 1.807) is 36.1 Å². The highest BCUT2D eigenvalue weighted by molar-refractivity contribution is 7.92. The van der Waals surface area contributed by atoms with Crippen LogP contribution < -0.4 is 9.46 Å². The number of amides is 1. The third kappa shape index (κ3) is 4.83. The summed E-state index contributed by atoms with van der Waals surface area (Å²) in [4.78, 5) is 14.1. The minimum Gasteiger partial charge on any atom is -0.483 e. The molecule has 172 valence electrons. The van der Waals surface area contributed by atoms with Gasteiger partial charge < -0.3 is 9.64 Å². The molecule has 1 aliphatic rings. The third-order valence-corrected chi connectivity index (χ3v) is 6.98. The highest BCUT2D eigenvalue weighted by atomic mass is 32.2. The van der Waals surface area contributed by atoms with Crippen molar-refractivity contribution in [1.29, 1.82) is 0 Å². The lowest BCUT2D eigenvalue weighted by Gasteiger charge is -2.28. The van der Waals surface area contributed by atoms with Gasteiger partial charge in [-0.2, -0.15) is 0 Å². The molecule has 4 rings (SSSR count). The second kappa shape index (κ2) is 8.82. The second-order valence-electron chi connectivity index (χ2n) is 7.88. The fourth-order valence-electron chi connectivity index (χ4n) is 3.63. The van der Waals surface area contributed by atoms with Crippen LogP contribution in [0, 0.1) is 18.6 Å². The summed E-state index contributed by atoms with van der Waals surface area (Å²) in [5.41, 5.74) is 1.95. The van der Waals surface area contributed by atoms with Gasteiger partial charge in [0.15, 0.2) is 6.61 Å². The molecule has 9 heteroatoms. The Labute approximate surface area is 190 Å². The van der Waals surface area contributed by atoms with E-state index in [4.69, 9.17) is 4.74 Å². The first-order valence-corrected chi connectivity index (χ1v) is 11.7. The van der Waals surface area contributed by atoms with Gasteiger partial charge in [0.1, 0.15) is 17.4 Å². The lowest BCUT2D eigenvalue weighted by atomic mass is 10.1. The number of halogens is 2. The standard InChI is InChI=1S/C24H22F2N2O4S/c1-15-3-9-21(12-22(15)26)33(30,31)27-20-8-10-23-18(11-20)13-28(24(29)14-32-23)16(2)17-4-6-19(25)7-5-17/h3-12,16,27H,13-14H2,1-2H3/t16-/m0/s1. The van der Waals surface area contributed by atoms with Crippen LogP contribution in [-0.2, 0) is 21.4 Å². The number of anilines is 1. The maximum Gasteiger partial charge on any atom is 0.261 e. The molecule has 1 heterocycles. The van der Waals surface area contributed by atoms with E-state index >= 15 is 0 Å². The van der Waals surface area contributed by atoms with Crippen LogP contribution in [0.2, 0.25) is 0 Å². The maximum atomic E-state index is 13.9. The monoisotopic (exact) mass is 472 g/mol. The fourth-order valence-corrected chi connectivity index (χ4v) is 4.69. The van der Waals surface area contributed by atoms with Crippen molar-refractivity contribution in [1.82, 2.24) is 4.90 Å². The molecule has 0 radical (unpaired) electrons. The number of nitrogens with zero attached hydrogens (tertiary/aromatic N) is 1. The SMILES string of the molecule is Cc1ccc(S(=O)(=O)Nc2ccc3c(c2)CN([C@@H](C)c2ccc(F)cc2)C(=O)CO3)cc1F. The molecule has 0 fully saturated rings. The molecule has 1 aliphatic heterocycles. The van der Waals surface area contributed by atoms with Crippen molar-refractivity contribution >= 4 is 21.6 Å². The van der Waals surface area contributed by atoms with E-state index in [0.717, 1.165) is 11.6 Å². The molecule has 3 aromatic carbocycles. The summed E-state index contributed by atoms with van der Waals surface area (Å²) in [5, 5.41) is 0. The van der Waals surface area contributed by atoms with Gasteiger partial charge in [-0.1, -0.05) is 18.2 Å². The molecular weight excluding hydrogens is 450 g/mol. The first-order valence-electron chi connectivity index (χ1n) is 10.2. The fraction of sp³-hybridized carbons (Fsp3) is 0.208. The van der Waals surface area contributed by atoms with Crippen LogP contribution in [0.5, 0.6) is 5.75 Å². The predicted octanol–water partition coefficient (Wildman–Crippen LogP) is 4.56. The van der Waals surface area contributed by atoms with E-state index in [2.05, 4.69) is 4.72 Å². The molecule has 3 aromatic rings. The summed E-state index contributed by atoms with van der Waals surface area (Å²) in [6.45, 7) is 3.37. The van der Waals surface area contributed by atoms with Crippen LogP contribution in [0.1, 0.15) is 29.7 Å². The normalized spacial score (nSPS) is 14.8. The van der Waals surface area contributed by atoms with Gasteiger partial charge in [-0.15, -0.1) is 0 Å². The van der Waals surface area contributed by atoms with Crippen molar-refractivity contribution in [2.24, 2.45) is 0 Å². The number of ether oxygens (including phenoxy) is 1. The second-order valence-corrected chi connectivity index (χ2v) is 9.56. The Bertz CT molecular complexity index is 1310. The number of benzene rings is 3. The predicted molar refractivity (Wildman–Crippen MR) is 119 cm³/mol. The Morgan fingerprint density at radius 1 is 1.03 bits per heavy atom. The Balaban J connectivity index is 1.61. The van der Waals surface area contributed by atoms with Gasteiger partial charge in [0.05, 0.1) is 17.5 Å². The molecule has 33 heavy (non-hydrogen) atoms. The van der Waals surface area contributed by atoms with Gasteiger partial charge in [0, 0.05) is 11.3 Å². The molecule has 0 unspecified atom stereocenters. The highest BCUT2D eigenvalue weighted by Gasteiger charge is 2.27. The zero-order valence-electron chi connectivity index (χ0n) is 18.0. The molecule has 0 aromatic heterocycles. The molecule has 0 bridgehead atoms. The molecule has 0 saturated carbocycles. The van der Waals surface area contributed by atoms with E-state index in [9.17, 15) is 22.0 Å². The van der Waals surface area contributed by atoms with Crippen molar-refractivity contribution in [3.63, 3.8) is 0 Å². The van der Waals surface area contributed by atoms with Gasteiger partial charge >= 0.3 is 0 Å². The van der Waals surface area contributed by atoms with Crippen molar-refractivity contribution in [3.05, 3.63) is 89.0 Å². The number of sulfonamides is 1. The number of rotatable bonds is 5. The Morgan fingerprint density at radius 2 is 1.76 bits per heavy atom. The molecule has 0 saturated heterocycles. The molecule has 1 amide bonds. The summed E-state index contributed by atoms with van der Waals surface area (Å²) in [5.74, 6) is -0.772. The Hall–Kier alpha value is -3.46. The Kier molecular flexibility index (Phi) is 6.07. The molecule has 1 N–H and O–H groups in total. The lowest BCUT2D eigenvalue weighted by Crippen LogP contribution is -2.34. The van der Waals surface area contributed by atoms with Gasteiger partial charge in [0.25, 0.3) is 15.9 Å². The minimum absolute atomic E-state index is 0.168. The summed E-state index contributed by atoms with van der Waals surface area (Å²) in [6.07, 6.45) is 0. The molecular formula is C24H22F2N2O4S. The van der Waals surface area contributed by atoms with E-state index in [1.807, 2.05) is 6.92 Å². The van der Waals surface area contributed by atoms with Crippen LogP contribution in [0.15, 0.2) is 65.6 Å². The van der Waals surface area contributed by atoms with Crippen molar-refractivity contribution in [3.8, 4) is 5.75 Å². The summed E-state index contributed by atoms with van der Waals surface area (Å²) in [6, 6.07) is 13.9. The number of nitrogens with one attached hydrogen (secondary N) is 1. The number of hydrogen-bond acceptors (Lipinski definition) is 4. The minimum atomic E-state index is -4.02. The Morgan fingerprint density at radius 3 is 2.45 bits per heavy atom. The number of fused-ring (bicyclic) bond motifs is 1. The highest BCUT2D eigenvalue weighted by Crippen LogP contribution is 2.32. The molecule has 0 spiro atoms. The number of carbonyl (C=O) groups is 1. The van der Waals surface area contributed by atoms with E-state index in [-0.39, 0.29) is 41.5 Å². The average molecular weight is 473 g/mol. The zero-order chi connectivity index (χ0) is 23.8. The maximum absolute atomic E-state index is 13.9. The van der Waals surface area contributed by atoms with Crippen LogP contribution >= 0.6 is 0 Å². The average Bonchev–Trinajstić information content (AvgIpc) is 2.94.